The van der Waals surface area contributed by atoms with E-state index in [0.29, 0.717) is 17.9 Å². The number of carbonyl (C=O) groups excluding carboxylic acids is 1. The van der Waals surface area contributed by atoms with E-state index in [9.17, 15) is 4.79 Å². The highest BCUT2D eigenvalue weighted by Crippen LogP contribution is 2.34. The second kappa shape index (κ2) is 3.77. The number of carbonyl (C=O) groups is 1. The lowest BCUT2D eigenvalue weighted by atomic mass is 9.93. The molecule has 4 nitrogen and oxygen atoms in total. The largest absolute Gasteiger partial charge is 0.453 e. The number of hydrogen-bond acceptors (Lipinski definition) is 3. The lowest BCUT2D eigenvalue weighted by Crippen LogP contribution is -2.39. The van der Waals surface area contributed by atoms with Gasteiger partial charge in [-0.1, -0.05) is 6.92 Å². The van der Waals surface area contributed by atoms with Crippen molar-refractivity contribution >= 4 is 6.09 Å². The smallest absolute Gasteiger partial charge is 0.409 e. The van der Waals surface area contributed by atoms with Gasteiger partial charge in [0.05, 0.1) is 7.11 Å². The molecule has 0 radical (unpaired) electrons. The molecule has 2 fully saturated rings. The van der Waals surface area contributed by atoms with Crippen molar-refractivity contribution in [3.63, 3.8) is 0 Å². The van der Waals surface area contributed by atoms with Gasteiger partial charge < -0.3 is 15.0 Å². The van der Waals surface area contributed by atoms with Crippen LogP contribution in [0.3, 0.4) is 0 Å². The minimum Gasteiger partial charge on any atom is -0.453 e. The van der Waals surface area contributed by atoms with Crippen LogP contribution in [0.4, 0.5) is 4.79 Å². The topological polar surface area (TPSA) is 41.6 Å². The van der Waals surface area contributed by atoms with Crippen molar-refractivity contribution in [3.8, 4) is 0 Å². The number of amides is 1. The number of fused-ring (bicyclic) bond motifs is 1. The van der Waals surface area contributed by atoms with Gasteiger partial charge in [-0.3, -0.25) is 0 Å². The van der Waals surface area contributed by atoms with Crippen LogP contribution >= 0.6 is 0 Å². The van der Waals surface area contributed by atoms with Gasteiger partial charge in [0.2, 0.25) is 0 Å². The Balaban J connectivity index is 2.09. The fourth-order valence-corrected chi connectivity index (χ4v) is 2.87. The summed E-state index contributed by atoms with van der Waals surface area (Å²) in [6, 6.07) is 0.377. The third-order valence-electron chi connectivity index (χ3n) is 3.55. The van der Waals surface area contributed by atoms with Crippen molar-refractivity contribution in [2.24, 2.45) is 11.8 Å². The molecule has 2 saturated heterocycles. The van der Waals surface area contributed by atoms with Crippen molar-refractivity contribution in [2.75, 3.05) is 26.7 Å². The number of methoxy groups -OCH3 is 1. The third-order valence-corrected chi connectivity index (χ3v) is 3.55. The normalized spacial score (nSPS) is 35.9. The molecule has 14 heavy (non-hydrogen) atoms. The Morgan fingerprint density at radius 1 is 1.57 bits per heavy atom. The number of nitrogens with one attached hydrogen (secondary N) is 1. The summed E-state index contributed by atoms with van der Waals surface area (Å²) in [6.07, 6.45) is 0.865. The summed E-state index contributed by atoms with van der Waals surface area (Å²) in [5.74, 6) is 1.28. The van der Waals surface area contributed by atoms with Crippen molar-refractivity contribution in [1.82, 2.24) is 10.2 Å². The predicted octanol–water partition coefficient (Wildman–Crippen LogP) is 0.683. The molecule has 1 N–H and O–H groups in total. The molecule has 1 amide bonds. The van der Waals surface area contributed by atoms with Crippen molar-refractivity contribution in [3.05, 3.63) is 0 Å². The molecule has 3 unspecified atom stereocenters. The Bertz CT molecular complexity index is 232. The Morgan fingerprint density at radius 3 is 3.00 bits per heavy atom. The van der Waals surface area contributed by atoms with Crippen LogP contribution in [0, 0.1) is 11.8 Å². The zero-order valence-corrected chi connectivity index (χ0v) is 8.82. The van der Waals surface area contributed by atoms with E-state index in [2.05, 4.69) is 12.2 Å². The molecule has 0 aromatic rings. The van der Waals surface area contributed by atoms with Gasteiger partial charge in [-0.15, -0.1) is 0 Å². The molecule has 4 heteroatoms. The molecule has 3 atom stereocenters. The number of nitrogens with zero attached hydrogens (tertiary/aromatic N) is 1. The fourth-order valence-electron chi connectivity index (χ4n) is 2.87. The van der Waals surface area contributed by atoms with Crippen LogP contribution in [0.5, 0.6) is 0 Å². The maximum Gasteiger partial charge on any atom is 0.409 e. The van der Waals surface area contributed by atoms with Gasteiger partial charge in [-0.2, -0.15) is 0 Å². The molecular weight excluding hydrogens is 180 g/mol. The molecule has 0 saturated carbocycles. The summed E-state index contributed by atoms with van der Waals surface area (Å²) in [5, 5.41) is 3.39. The monoisotopic (exact) mass is 198 g/mol. The average Bonchev–Trinajstić information content (AvgIpc) is 2.74. The minimum absolute atomic E-state index is 0.161. The molecule has 0 aromatic carbocycles. The summed E-state index contributed by atoms with van der Waals surface area (Å²) >= 11 is 0. The van der Waals surface area contributed by atoms with Crippen molar-refractivity contribution in [2.45, 2.75) is 19.4 Å². The van der Waals surface area contributed by atoms with Gasteiger partial charge in [0.1, 0.15) is 0 Å². The number of ether oxygens (including phenoxy) is 1. The molecule has 0 aliphatic carbocycles. The van der Waals surface area contributed by atoms with Crippen LogP contribution in [0.25, 0.3) is 0 Å². The maximum atomic E-state index is 11.5. The summed E-state index contributed by atoms with van der Waals surface area (Å²) in [5.41, 5.74) is 0. The molecule has 2 aliphatic rings. The molecule has 2 aliphatic heterocycles. The molecule has 2 rings (SSSR count). The van der Waals surface area contributed by atoms with E-state index < -0.39 is 0 Å². The molecule has 80 valence electrons. The Labute approximate surface area is 84.6 Å². The van der Waals surface area contributed by atoms with Gasteiger partial charge in [0.25, 0.3) is 0 Å². The zero-order valence-electron chi connectivity index (χ0n) is 8.82. The highest BCUT2D eigenvalue weighted by Gasteiger charge is 2.45. The van der Waals surface area contributed by atoms with E-state index in [1.807, 2.05) is 4.90 Å². The van der Waals surface area contributed by atoms with Crippen LogP contribution in [-0.2, 0) is 4.74 Å². The fraction of sp³-hybridized carbons (Fsp3) is 0.900. The summed E-state index contributed by atoms with van der Waals surface area (Å²) in [6.45, 7) is 5.11. The van der Waals surface area contributed by atoms with Gasteiger partial charge in [0.15, 0.2) is 0 Å². The van der Waals surface area contributed by atoms with Crippen LogP contribution in [0.2, 0.25) is 0 Å². The predicted molar refractivity (Wildman–Crippen MR) is 53.0 cm³/mol. The molecule has 0 aromatic heterocycles. The summed E-state index contributed by atoms with van der Waals surface area (Å²) in [7, 11) is 1.46. The van der Waals surface area contributed by atoms with Gasteiger partial charge in [-0.05, 0) is 18.3 Å². The van der Waals surface area contributed by atoms with Crippen LogP contribution in [0.15, 0.2) is 0 Å². The number of hydrogen-bond donors (Lipinski definition) is 1. The SMILES string of the molecule is CCC1C2CNCC2CN1C(=O)OC. The van der Waals surface area contributed by atoms with E-state index in [1.54, 1.807) is 0 Å². The summed E-state index contributed by atoms with van der Waals surface area (Å²) in [4.78, 5) is 13.4. The first kappa shape index (κ1) is 9.77. The van der Waals surface area contributed by atoms with Crippen molar-refractivity contribution in [1.29, 1.82) is 0 Å². The first-order valence-electron chi connectivity index (χ1n) is 5.33. The van der Waals surface area contributed by atoms with Gasteiger partial charge >= 0.3 is 6.09 Å². The van der Waals surface area contributed by atoms with Crippen LogP contribution in [0.1, 0.15) is 13.3 Å². The first-order chi connectivity index (χ1) is 6.77. The summed E-state index contributed by atoms with van der Waals surface area (Å²) < 4.78 is 4.80. The maximum absolute atomic E-state index is 11.5. The zero-order chi connectivity index (χ0) is 10.1. The lowest BCUT2D eigenvalue weighted by molar-refractivity contribution is 0.112. The van der Waals surface area contributed by atoms with Crippen LogP contribution in [-0.4, -0.2) is 43.8 Å². The number of likely N-dealkylation sites (tertiary alicyclic amines) is 1. The van der Waals surface area contributed by atoms with E-state index in [0.717, 1.165) is 26.1 Å². The quantitative estimate of drug-likeness (QED) is 0.673. The molecule has 2 heterocycles. The number of rotatable bonds is 1. The highest BCUT2D eigenvalue weighted by molar-refractivity contribution is 5.68. The minimum atomic E-state index is -0.161. The Kier molecular flexibility index (Phi) is 2.63. The van der Waals surface area contributed by atoms with E-state index in [-0.39, 0.29) is 6.09 Å². The third kappa shape index (κ3) is 1.38. The Morgan fingerprint density at radius 2 is 2.36 bits per heavy atom. The van der Waals surface area contributed by atoms with E-state index in [4.69, 9.17) is 4.74 Å². The molecular formula is C10H18N2O2. The second-order valence-electron chi connectivity index (χ2n) is 4.18. The lowest BCUT2D eigenvalue weighted by Gasteiger charge is -2.25. The van der Waals surface area contributed by atoms with Gasteiger partial charge in [0, 0.05) is 25.7 Å². The Hall–Kier alpha value is -0.770. The van der Waals surface area contributed by atoms with Crippen LogP contribution < -0.4 is 5.32 Å². The average molecular weight is 198 g/mol. The van der Waals surface area contributed by atoms with E-state index >= 15 is 0 Å². The first-order valence-corrected chi connectivity index (χ1v) is 5.33. The van der Waals surface area contributed by atoms with Gasteiger partial charge in [-0.25, -0.2) is 4.79 Å². The second-order valence-corrected chi connectivity index (χ2v) is 4.18. The molecule has 0 spiro atoms. The van der Waals surface area contributed by atoms with Crippen molar-refractivity contribution < 1.29 is 9.53 Å². The molecule has 0 bridgehead atoms. The standard InChI is InChI=1S/C10H18N2O2/c1-3-9-8-5-11-4-7(8)6-12(9)10(13)14-2/h7-9,11H,3-6H2,1-2H3. The highest BCUT2D eigenvalue weighted by atomic mass is 16.5. The van der Waals surface area contributed by atoms with E-state index in [1.165, 1.54) is 7.11 Å².